The molecule has 1 rings (SSSR count). The Morgan fingerprint density at radius 2 is 1.94 bits per heavy atom. The lowest BCUT2D eigenvalue weighted by Gasteiger charge is -2.32. The highest BCUT2D eigenvalue weighted by Gasteiger charge is 2.31. The lowest BCUT2D eigenvalue weighted by Crippen LogP contribution is -2.49. The van der Waals surface area contributed by atoms with Crippen LogP contribution in [0.25, 0.3) is 0 Å². The Bertz CT molecular complexity index is 770. The molecule has 0 saturated heterocycles. The van der Waals surface area contributed by atoms with Crippen LogP contribution in [0.15, 0.2) is 36.9 Å². The molecular formula is C24H37N3O4. The summed E-state index contributed by atoms with van der Waals surface area (Å²) < 4.78 is 5.20. The van der Waals surface area contributed by atoms with Crippen LogP contribution in [0.5, 0.6) is 0 Å². The number of carbonyl (C=O) groups is 3. The van der Waals surface area contributed by atoms with Crippen molar-refractivity contribution in [3.63, 3.8) is 0 Å². The molecule has 0 saturated carbocycles. The van der Waals surface area contributed by atoms with Crippen LogP contribution < -0.4 is 10.6 Å². The van der Waals surface area contributed by atoms with Gasteiger partial charge in [-0.2, -0.15) is 0 Å². The molecular weight excluding hydrogens is 394 g/mol. The van der Waals surface area contributed by atoms with Crippen LogP contribution in [0, 0.1) is 6.92 Å². The van der Waals surface area contributed by atoms with Crippen LogP contribution in [0.2, 0.25) is 0 Å². The van der Waals surface area contributed by atoms with Crippen molar-refractivity contribution in [2.24, 2.45) is 0 Å². The van der Waals surface area contributed by atoms with E-state index in [-0.39, 0.29) is 25.0 Å². The molecule has 3 amide bonds. The van der Waals surface area contributed by atoms with E-state index in [4.69, 9.17) is 4.74 Å². The SMILES string of the molecule is C=CCN(C(=O)CNC(=O)OC(C)(C)C)C(C(=O)NC(C)CCC)c1cccc(C)c1. The molecule has 0 spiro atoms. The minimum absolute atomic E-state index is 0.0228. The smallest absolute Gasteiger partial charge is 0.408 e. The van der Waals surface area contributed by atoms with Crippen molar-refractivity contribution in [2.45, 2.75) is 72.1 Å². The van der Waals surface area contributed by atoms with Gasteiger partial charge in [-0.1, -0.05) is 49.2 Å². The second kappa shape index (κ2) is 12.1. The molecule has 2 atom stereocenters. The number of hydrogen-bond acceptors (Lipinski definition) is 4. The van der Waals surface area contributed by atoms with Gasteiger partial charge in [-0.15, -0.1) is 6.58 Å². The second-order valence-corrected chi connectivity index (χ2v) is 8.71. The summed E-state index contributed by atoms with van der Waals surface area (Å²) in [6, 6.07) is 6.64. The van der Waals surface area contributed by atoms with E-state index in [0.29, 0.717) is 5.56 Å². The van der Waals surface area contributed by atoms with Gasteiger partial charge in [0.15, 0.2) is 0 Å². The molecule has 0 heterocycles. The maximum absolute atomic E-state index is 13.2. The molecule has 2 unspecified atom stereocenters. The normalized spacial score (nSPS) is 13.0. The van der Waals surface area contributed by atoms with Gasteiger partial charge in [-0.05, 0) is 46.6 Å². The molecule has 0 aliphatic carbocycles. The number of rotatable bonds is 10. The van der Waals surface area contributed by atoms with E-state index in [1.165, 1.54) is 4.90 Å². The summed E-state index contributed by atoms with van der Waals surface area (Å²) in [4.78, 5) is 39.7. The number of hydrogen-bond donors (Lipinski definition) is 2. The predicted molar refractivity (Wildman–Crippen MR) is 123 cm³/mol. The Balaban J connectivity index is 3.14. The molecule has 31 heavy (non-hydrogen) atoms. The van der Waals surface area contributed by atoms with Gasteiger partial charge in [0.05, 0.1) is 0 Å². The molecule has 0 aromatic heterocycles. The summed E-state index contributed by atoms with van der Waals surface area (Å²) in [6.07, 6.45) is 2.65. The number of amides is 3. The van der Waals surface area contributed by atoms with E-state index in [1.807, 2.05) is 38.1 Å². The van der Waals surface area contributed by atoms with E-state index in [2.05, 4.69) is 24.1 Å². The number of aryl methyl sites for hydroxylation is 1. The number of nitrogens with zero attached hydrogens (tertiary/aromatic N) is 1. The van der Waals surface area contributed by atoms with Crippen molar-refractivity contribution in [1.82, 2.24) is 15.5 Å². The minimum Gasteiger partial charge on any atom is -0.444 e. The van der Waals surface area contributed by atoms with Gasteiger partial charge in [-0.25, -0.2) is 4.79 Å². The van der Waals surface area contributed by atoms with Crippen LogP contribution >= 0.6 is 0 Å². The Morgan fingerprint density at radius 3 is 2.48 bits per heavy atom. The predicted octanol–water partition coefficient (Wildman–Crippen LogP) is 3.88. The highest BCUT2D eigenvalue weighted by atomic mass is 16.6. The van der Waals surface area contributed by atoms with Gasteiger partial charge < -0.3 is 20.3 Å². The largest absolute Gasteiger partial charge is 0.444 e. The summed E-state index contributed by atoms with van der Waals surface area (Å²) in [7, 11) is 0. The minimum atomic E-state index is -0.842. The monoisotopic (exact) mass is 431 g/mol. The zero-order valence-electron chi connectivity index (χ0n) is 19.7. The molecule has 1 aromatic carbocycles. The van der Waals surface area contributed by atoms with Crippen LogP contribution in [-0.4, -0.2) is 47.5 Å². The summed E-state index contributed by atoms with van der Waals surface area (Å²) in [5, 5.41) is 5.49. The first-order valence-corrected chi connectivity index (χ1v) is 10.7. The van der Waals surface area contributed by atoms with Crippen LogP contribution in [-0.2, 0) is 14.3 Å². The average molecular weight is 432 g/mol. The van der Waals surface area contributed by atoms with Crippen molar-refractivity contribution < 1.29 is 19.1 Å². The fourth-order valence-corrected chi connectivity index (χ4v) is 3.19. The highest BCUT2D eigenvalue weighted by molar-refractivity contribution is 5.90. The quantitative estimate of drug-likeness (QED) is 0.550. The van der Waals surface area contributed by atoms with E-state index < -0.39 is 23.6 Å². The zero-order valence-corrected chi connectivity index (χ0v) is 19.7. The molecule has 7 heteroatoms. The van der Waals surface area contributed by atoms with Gasteiger partial charge >= 0.3 is 6.09 Å². The summed E-state index contributed by atoms with van der Waals surface area (Å²) in [6.45, 7) is 14.8. The molecule has 0 radical (unpaired) electrons. The maximum Gasteiger partial charge on any atom is 0.408 e. The molecule has 7 nitrogen and oxygen atoms in total. The Kier molecular flexibility index (Phi) is 10.3. The van der Waals surface area contributed by atoms with Crippen molar-refractivity contribution in [3.05, 3.63) is 48.0 Å². The number of nitrogens with one attached hydrogen (secondary N) is 2. The number of alkyl carbamates (subject to hydrolysis) is 1. The first kappa shape index (κ1) is 26.2. The summed E-state index contributed by atoms with van der Waals surface area (Å²) in [5.41, 5.74) is 1.01. The van der Waals surface area contributed by atoms with E-state index in [1.54, 1.807) is 26.8 Å². The zero-order chi connectivity index (χ0) is 23.6. The Hall–Kier alpha value is -2.83. The van der Waals surface area contributed by atoms with Gasteiger partial charge in [0.25, 0.3) is 0 Å². The Labute approximate surface area is 186 Å². The van der Waals surface area contributed by atoms with Crippen LogP contribution in [0.1, 0.15) is 64.6 Å². The molecule has 1 aromatic rings. The van der Waals surface area contributed by atoms with E-state index >= 15 is 0 Å². The van der Waals surface area contributed by atoms with Gasteiger partial charge in [0, 0.05) is 12.6 Å². The first-order valence-electron chi connectivity index (χ1n) is 10.7. The van der Waals surface area contributed by atoms with Crippen LogP contribution in [0.3, 0.4) is 0 Å². The molecule has 0 aliphatic rings. The topological polar surface area (TPSA) is 87.7 Å². The van der Waals surface area contributed by atoms with Crippen molar-refractivity contribution in [2.75, 3.05) is 13.1 Å². The van der Waals surface area contributed by atoms with Gasteiger partial charge in [0.2, 0.25) is 11.8 Å². The van der Waals surface area contributed by atoms with Crippen molar-refractivity contribution in [1.29, 1.82) is 0 Å². The standard InChI is InChI=1S/C24H37N3O4/c1-8-11-18(4)26-22(29)21(19-13-10-12-17(3)15-19)27(14-9-2)20(28)16-25-23(30)31-24(5,6)7/h9-10,12-13,15,18,21H,2,8,11,14,16H2,1,3-7H3,(H,25,30)(H,26,29). The fourth-order valence-electron chi connectivity index (χ4n) is 3.19. The molecule has 2 N–H and O–H groups in total. The van der Waals surface area contributed by atoms with Gasteiger partial charge in [-0.3, -0.25) is 9.59 Å². The second-order valence-electron chi connectivity index (χ2n) is 8.71. The average Bonchev–Trinajstić information content (AvgIpc) is 2.64. The van der Waals surface area contributed by atoms with E-state index in [0.717, 1.165) is 18.4 Å². The lowest BCUT2D eigenvalue weighted by molar-refractivity contribution is -0.139. The maximum atomic E-state index is 13.2. The molecule has 0 fully saturated rings. The van der Waals surface area contributed by atoms with Crippen molar-refractivity contribution >= 4 is 17.9 Å². The first-order chi connectivity index (χ1) is 14.5. The summed E-state index contributed by atoms with van der Waals surface area (Å²) in [5.74, 6) is -0.672. The molecule has 0 bridgehead atoms. The third kappa shape index (κ3) is 9.24. The Morgan fingerprint density at radius 1 is 1.26 bits per heavy atom. The molecule has 172 valence electrons. The fraction of sp³-hybridized carbons (Fsp3) is 0.542. The third-order valence-corrected chi connectivity index (χ3v) is 4.46. The van der Waals surface area contributed by atoms with Crippen LogP contribution in [0.4, 0.5) is 4.79 Å². The summed E-state index contributed by atoms with van der Waals surface area (Å²) >= 11 is 0. The number of benzene rings is 1. The van der Waals surface area contributed by atoms with Crippen molar-refractivity contribution in [3.8, 4) is 0 Å². The van der Waals surface area contributed by atoms with E-state index in [9.17, 15) is 14.4 Å². The molecule has 0 aliphatic heterocycles. The number of ether oxygens (including phenoxy) is 1. The van der Waals surface area contributed by atoms with Gasteiger partial charge in [0.1, 0.15) is 18.2 Å². The highest BCUT2D eigenvalue weighted by Crippen LogP contribution is 2.23. The lowest BCUT2D eigenvalue weighted by atomic mass is 10.0. The third-order valence-electron chi connectivity index (χ3n) is 4.46. The number of carbonyl (C=O) groups excluding carboxylic acids is 3.